The molecule has 0 bridgehead atoms. The maximum Gasteiger partial charge on any atom is 0.244 e. The molecule has 2 aliphatic carbocycles. The number of amides is 1. The van der Waals surface area contributed by atoms with E-state index >= 15 is 0 Å². The molecular weight excluding hydrogens is 480 g/mol. The van der Waals surface area contributed by atoms with E-state index in [1.165, 1.54) is 16.7 Å². The Bertz CT molecular complexity index is 1200. The molecule has 39 heavy (non-hydrogen) atoms. The summed E-state index contributed by atoms with van der Waals surface area (Å²) in [5, 5.41) is 3.19. The molecule has 0 saturated heterocycles. The zero-order valence-electron chi connectivity index (χ0n) is 23.2. The molecular formula is C35H42N2O2. The fourth-order valence-corrected chi connectivity index (χ4v) is 5.11. The third-order valence-corrected chi connectivity index (χ3v) is 7.27. The van der Waals surface area contributed by atoms with E-state index in [9.17, 15) is 4.79 Å². The number of carbonyl (C=O) groups is 1. The molecule has 0 saturated carbocycles. The highest BCUT2D eigenvalue weighted by molar-refractivity contribution is 5.92. The van der Waals surface area contributed by atoms with E-state index < -0.39 is 0 Å². The SMILES string of the molecule is C=C(CN1CCCC2=C(C=CC(OCC3=CC=CC=CC3)C=C2)C1)C(CCC)NC(=O)/C=C/c1ccccc1. The second-order valence-corrected chi connectivity index (χ2v) is 10.5. The van der Waals surface area contributed by atoms with Crippen LogP contribution < -0.4 is 5.32 Å². The van der Waals surface area contributed by atoms with Gasteiger partial charge >= 0.3 is 0 Å². The van der Waals surface area contributed by atoms with Gasteiger partial charge in [0.25, 0.3) is 0 Å². The first-order valence-corrected chi connectivity index (χ1v) is 14.3. The summed E-state index contributed by atoms with van der Waals surface area (Å²) in [4.78, 5) is 15.1. The van der Waals surface area contributed by atoms with E-state index in [2.05, 4.69) is 78.4 Å². The average molecular weight is 523 g/mol. The van der Waals surface area contributed by atoms with Crippen molar-refractivity contribution in [3.05, 3.63) is 126 Å². The lowest BCUT2D eigenvalue weighted by Crippen LogP contribution is -2.39. The summed E-state index contributed by atoms with van der Waals surface area (Å²) in [6, 6.07) is 9.86. The smallest absolute Gasteiger partial charge is 0.244 e. The topological polar surface area (TPSA) is 41.6 Å². The number of allylic oxidation sites excluding steroid dienone is 7. The first-order chi connectivity index (χ1) is 19.1. The van der Waals surface area contributed by atoms with Crippen LogP contribution in [0.2, 0.25) is 0 Å². The Morgan fingerprint density at radius 2 is 1.97 bits per heavy atom. The monoisotopic (exact) mass is 522 g/mol. The minimum Gasteiger partial charge on any atom is -0.366 e. The van der Waals surface area contributed by atoms with Crippen LogP contribution in [0.4, 0.5) is 0 Å². The molecule has 0 radical (unpaired) electrons. The molecule has 4 heteroatoms. The Hall–Kier alpha value is -3.47. The summed E-state index contributed by atoms with van der Waals surface area (Å²) in [6.45, 7) is 9.87. The molecule has 1 aromatic carbocycles. The number of nitrogens with one attached hydrogen (secondary N) is 1. The van der Waals surface area contributed by atoms with E-state index in [1.807, 2.05) is 36.4 Å². The van der Waals surface area contributed by atoms with Crippen LogP contribution in [0.1, 0.15) is 44.6 Å². The Kier molecular flexibility index (Phi) is 11.1. The molecule has 4 rings (SSSR count). The van der Waals surface area contributed by atoms with Crippen molar-refractivity contribution in [2.45, 2.75) is 51.2 Å². The lowest BCUT2D eigenvalue weighted by atomic mass is 10.0. The first-order valence-electron chi connectivity index (χ1n) is 14.3. The molecule has 4 nitrogen and oxygen atoms in total. The van der Waals surface area contributed by atoms with Gasteiger partial charge in [0, 0.05) is 19.2 Å². The van der Waals surface area contributed by atoms with Crippen LogP contribution in [-0.2, 0) is 9.53 Å². The van der Waals surface area contributed by atoms with Crippen LogP contribution in [0.15, 0.2) is 120 Å². The Morgan fingerprint density at radius 1 is 1.15 bits per heavy atom. The summed E-state index contributed by atoms with van der Waals surface area (Å²) < 4.78 is 6.22. The summed E-state index contributed by atoms with van der Waals surface area (Å²) >= 11 is 0. The predicted molar refractivity (Wildman–Crippen MR) is 163 cm³/mol. The highest BCUT2D eigenvalue weighted by Crippen LogP contribution is 2.25. The van der Waals surface area contributed by atoms with Crippen molar-refractivity contribution in [3.63, 3.8) is 0 Å². The molecule has 1 aliphatic heterocycles. The number of nitrogens with zero attached hydrogens (tertiary/aromatic N) is 1. The van der Waals surface area contributed by atoms with Crippen molar-refractivity contribution in [2.75, 3.05) is 26.2 Å². The van der Waals surface area contributed by atoms with Crippen LogP contribution in [0, 0.1) is 0 Å². The summed E-state index contributed by atoms with van der Waals surface area (Å²) in [5.41, 5.74) is 6.12. The van der Waals surface area contributed by atoms with Crippen LogP contribution >= 0.6 is 0 Å². The fraction of sp³-hybridized carbons (Fsp3) is 0.343. The second kappa shape index (κ2) is 15.2. The van der Waals surface area contributed by atoms with Gasteiger partial charge in [-0.1, -0.05) is 105 Å². The maximum atomic E-state index is 12.7. The van der Waals surface area contributed by atoms with Gasteiger partial charge in [-0.05, 0) is 66.2 Å². The van der Waals surface area contributed by atoms with Gasteiger partial charge in [0.2, 0.25) is 5.91 Å². The maximum absolute atomic E-state index is 12.7. The number of hydrogen-bond donors (Lipinski definition) is 1. The van der Waals surface area contributed by atoms with Crippen LogP contribution in [0.5, 0.6) is 0 Å². The molecule has 1 heterocycles. The van der Waals surface area contributed by atoms with Gasteiger partial charge in [-0.25, -0.2) is 0 Å². The van der Waals surface area contributed by atoms with Gasteiger partial charge in [-0.15, -0.1) is 0 Å². The quantitative estimate of drug-likeness (QED) is 0.254. The number of ether oxygens (including phenoxy) is 1. The van der Waals surface area contributed by atoms with Crippen LogP contribution in [0.3, 0.4) is 0 Å². The van der Waals surface area contributed by atoms with Gasteiger partial charge in [-0.2, -0.15) is 0 Å². The number of hydrogen-bond acceptors (Lipinski definition) is 3. The van der Waals surface area contributed by atoms with Gasteiger partial charge in [0.1, 0.15) is 0 Å². The van der Waals surface area contributed by atoms with E-state index in [4.69, 9.17) is 4.74 Å². The minimum absolute atomic E-state index is 0.0226. The Labute approximate surface area is 234 Å². The minimum atomic E-state index is -0.0751. The highest BCUT2D eigenvalue weighted by atomic mass is 16.5. The van der Waals surface area contributed by atoms with Gasteiger partial charge in [0.15, 0.2) is 0 Å². The molecule has 0 aromatic heterocycles. The van der Waals surface area contributed by atoms with Gasteiger partial charge < -0.3 is 10.1 Å². The molecule has 1 aromatic rings. The number of rotatable bonds is 11. The zero-order chi connectivity index (χ0) is 27.3. The highest BCUT2D eigenvalue weighted by Gasteiger charge is 2.21. The lowest BCUT2D eigenvalue weighted by Gasteiger charge is -2.27. The molecule has 1 amide bonds. The average Bonchev–Trinajstić information content (AvgIpc) is 3.40. The van der Waals surface area contributed by atoms with Crippen molar-refractivity contribution in [1.82, 2.24) is 10.2 Å². The lowest BCUT2D eigenvalue weighted by molar-refractivity contribution is -0.116. The number of carbonyl (C=O) groups excluding carboxylic acids is 1. The van der Waals surface area contributed by atoms with Crippen molar-refractivity contribution in [1.29, 1.82) is 0 Å². The van der Waals surface area contributed by atoms with Crippen LogP contribution in [0.25, 0.3) is 6.08 Å². The van der Waals surface area contributed by atoms with Crippen LogP contribution in [-0.4, -0.2) is 49.2 Å². The molecule has 2 unspecified atom stereocenters. The molecule has 204 valence electrons. The molecule has 1 N–H and O–H groups in total. The van der Waals surface area contributed by atoms with E-state index in [-0.39, 0.29) is 18.1 Å². The Balaban J connectivity index is 1.32. The van der Waals surface area contributed by atoms with E-state index in [1.54, 1.807) is 6.08 Å². The standard InChI is InChI=1S/C35H42N2O2/c1-3-12-34(36-35(38)23-18-29-13-9-6-10-14-29)28(2)25-37-24-11-17-31-19-21-33(22-20-32(31)26-37)39-27-30-15-7-4-5-8-16-30/h4-10,13-15,18-23,33-34H,2-3,11-12,16-17,24-27H2,1H3,(H,36,38)/b23-18+. The first kappa shape index (κ1) is 28.5. The summed E-state index contributed by atoms with van der Waals surface area (Å²) in [6.07, 6.45) is 27.8. The zero-order valence-corrected chi connectivity index (χ0v) is 23.2. The molecule has 0 fully saturated rings. The predicted octanol–water partition coefficient (Wildman–Crippen LogP) is 6.89. The second-order valence-electron chi connectivity index (χ2n) is 10.5. The Morgan fingerprint density at radius 3 is 2.79 bits per heavy atom. The largest absolute Gasteiger partial charge is 0.366 e. The third-order valence-electron chi connectivity index (χ3n) is 7.27. The fourth-order valence-electron chi connectivity index (χ4n) is 5.11. The van der Waals surface area contributed by atoms with Crippen molar-refractivity contribution >= 4 is 12.0 Å². The molecule has 2 atom stereocenters. The van der Waals surface area contributed by atoms with E-state index in [0.717, 1.165) is 62.9 Å². The summed E-state index contributed by atoms with van der Waals surface area (Å²) in [5.74, 6) is -0.0751. The summed E-state index contributed by atoms with van der Waals surface area (Å²) in [7, 11) is 0. The van der Waals surface area contributed by atoms with Gasteiger partial charge in [-0.3, -0.25) is 9.69 Å². The van der Waals surface area contributed by atoms with Crippen molar-refractivity contribution in [3.8, 4) is 0 Å². The van der Waals surface area contributed by atoms with Crippen molar-refractivity contribution < 1.29 is 9.53 Å². The van der Waals surface area contributed by atoms with Gasteiger partial charge in [0.05, 0.1) is 18.8 Å². The third kappa shape index (κ3) is 9.35. The van der Waals surface area contributed by atoms with Crippen molar-refractivity contribution in [2.24, 2.45) is 0 Å². The van der Waals surface area contributed by atoms with E-state index in [0.29, 0.717) is 6.61 Å². The molecule has 3 aliphatic rings. The number of benzene rings is 1. The molecule has 0 spiro atoms. The normalized spacial score (nSPS) is 20.2.